The fourth-order valence-electron chi connectivity index (χ4n) is 1.81. The van der Waals surface area contributed by atoms with Crippen molar-refractivity contribution in [2.24, 2.45) is 0 Å². The first-order valence-electron chi connectivity index (χ1n) is 5.46. The van der Waals surface area contributed by atoms with Gasteiger partial charge in [-0.05, 0) is 37.6 Å². The molecule has 1 aliphatic heterocycles. The minimum absolute atomic E-state index is 0.113. The molecular weight excluding hydrogens is 205 g/mol. The van der Waals surface area contributed by atoms with Crippen LogP contribution in [0.5, 0.6) is 0 Å². The number of rotatable bonds is 2. The monoisotopic (exact) mass is 219 g/mol. The number of ketones is 1. The molecule has 1 aromatic carbocycles. The normalized spacial score (nSPS) is 18.7. The van der Waals surface area contributed by atoms with Crippen LogP contribution in [0.25, 0.3) is 0 Å². The first kappa shape index (κ1) is 11.0. The van der Waals surface area contributed by atoms with Crippen LogP contribution in [0.3, 0.4) is 0 Å². The maximum atomic E-state index is 12.9. The molecule has 1 fully saturated rings. The number of carbonyl (C=O) groups excluding carboxylic acids is 1. The third-order valence-electron chi connectivity index (χ3n) is 2.65. The summed E-state index contributed by atoms with van der Waals surface area (Å²) in [7, 11) is 0. The van der Waals surface area contributed by atoms with Crippen LogP contribution < -0.4 is 5.32 Å². The van der Waals surface area contributed by atoms with E-state index in [1.807, 2.05) is 0 Å². The number of piperidine rings is 1. The molecule has 0 aliphatic carbocycles. The van der Waals surface area contributed by atoms with Crippen LogP contribution in [0.2, 0.25) is 0 Å². The summed E-state index contributed by atoms with van der Waals surface area (Å²) in [6.45, 7) is 1.77. The number of hydrogen-bond donors (Lipinski definition) is 1. The summed E-state index contributed by atoms with van der Waals surface area (Å²) in [5, 5.41) is 3.21. The molecule has 2 nitrogen and oxygen atoms in total. The van der Waals surface area contributed by atoms with Crippen molar-refractivity contribution in [1.82, 2.24) is 5.32 Å². The highest BCUT2D eigenvalue weighted by Crippen LogP contribution is 2.11. The summed E-state index contributed by atoms with van der Waals surface area (Å²) in [6, 6.07) is 5.81. The SMILES string of the molecule is O=C(C=C1CCCNC1)c1cccc(F)c1. The Morgan fingerprint density at radius 3 is 3.00 bits per heavy atom. The molecule has 0 aromatic heterocycles. The van der Waals surface area contributed by atoms with Gasteiger partial charge >= 0.3 is 0 Å². The standard InChI is InChI=1S/C13H14FNO/c14-12-5-1-4-11(8-12)13(16)7-10-3-2-6-15-9-10/h1,4-5,7-8,15H,2-3,6,9H2. The molecule has 0 atom stereocenters. The molecular formula is C13H14FNO. The van der Waals surface area contributed by atoms with Gasteiger partial charge in [0.1, 0.15) is 5.82 Å². The summed E-state index contributed by atoms with van der Waals surface area (Å²) < 4.78 is 12.9. The van der Waals surface area contributed by atoms with Crippen LogP contribution in [-0.2, 0) is 0 Å². The summed E-state index contributed by atoms with van der Waals surface area (Å²) in [6.07, 6.45) is 3.64. The van der Waals surface area contributed by atoms with Gasteiger partial charge < -0.3 is 5.32 Å². The second-order valence-corrected chi connectivity index (χ2v) is 3.96. The summed E-state index contributed by atoms with van der Waals surface area (Å²) in [5.41, 5.74) is 1.51. The Balaban J connectivity index is 2.13. The molecule has 1 aromatic rings. The third kappa shape index (κ3) is 2.76. The van der Waals surface area contributed by atoms with Crippen LogP contribution in [0.4, 0.5) is 4.39 Å². The molecule has 0 saturated carbocycles. The van der Waals surface area contributed by atoms with Gasteiger partial charge in [-0.25, -0.2) is 4.39 Å². The topological polar surface area (TPSA) is 29.1 Å². The highest BCUT2D eigenvalue weighted by Gasteiger charge is 2.08. The molecule has 1 saturated heterocycles. The van der Waals surface area contributed by atoms with Gasteiger partial charge in [-0.2, -0.15) is 0 Å². The van der Waals surface area contributed by atoms with E-state index in [0.29, 0.717) is 5.56 Å². The van der Waals surface area contributed by atoms with E-state index in [0.717, 1.165) is 31.5 Å². The van der Waals surface area contributed by atoms with Crippen molar-refractivity contribution < 1.29 is 9.18 Å². The third-order valence-corrected chi connectivity index (χ3v) is 2.65. The molecule has 0 unspecified atom stereocenters. The molecule has 1 aliphatic rings. The average Bonchev–Trinajstić information content (AvgIpc) is 2.30. The Morgan fingerprint density at radius 1 is 1.44 bits per heavy atom. The zero-order chi connectivity index (χ0) is 11.4. The fraction of sp³-hybridized carbons (Fsp3) is 0.308. The second-order valence-electron chi connectivity index (χ2n) is 3.96. The van der Waals surface area contributed by atoms with Crippen molar-refractivity contribution in [2.75, 3.05) is 13.1 Å². The van der Waals surface area contributed by atoms with Crippen molar-refractivity contribution in [3.05, 3.63) is 47.3 Å². The van der Waals surface area contributed by atoms with Crippen molar-refractivity contribution in [3.63, 3.8) is 0 Å². The smallest absolute Gasteiger partial charge is 0.185 e. The van der Waals surface area contributed by atoms with Gasteiger partial charge in [0.2, 0.25) is 0 Å². The predicted molar refractivity (Wildman–Crippen MR) is 60.9 cm³/mol. The lowest BCUT2D eigenvalue weighted by Gasteiger charge is -2.14. The minimum atomic E-state index is -0.369. The first-order chi connectivity index (χ1) is 7.75. The minimum Gasteiger partial charge on any atom is -0.313 e. The molecule has 0 radical (unpaired) electrons. The van der Waals surface area contributed by atoms with Gasteiger partial charge in [0, 0.05) is 12.1 Å². The Kier molecular flexibility index (Phi) is 3.47. The average molecular weight is 219 g/mol. The van der Waals surface area contributed by atoms with E-state index in [1.54, 1.807) is 18.2 Å². The number of halogens is 1. The van der Waals surface area contributed by atoms with E-state index in [4.69, 9.17) is 0 Å². The summed E-state index contributed by atoms with van der Waals surface area (Å²) >= 11 is 0. The number of hydrogen-bond acceptors (Lipinski definition) is 2. The summed E-state index contributed by atoms with van der Waals surface area (Å²) in [4.78, 5) is 11.8. The van der Waals surface area contributed by atoms with Crippen LogP contribution in [0.1, 0.15) is 23.2 Å². The van der Waals surface area contributed by atoms with Crippen LogP contribution in [0.15, 0.2) is 35.9 Å². The fourth-order valence-corrected chi connectivity index (χ4v) is 1.81. The molecule has 84 valence electrons. The van der Waals surface area contributed by atoms with E-state index in [2.05, 4.69) is 5.32 Å². The number of benzene rings is 1. The van der Waals surface area contributed by atoms with Crippen LogP contribution >= 0.6 is 0 Å². The van der Waals surface area contributed by atoms with Gasteiger partial charge in [0.15, 0.2) is 5.78 Å². The molecule has 0 spiro atoms. The molecule has 1 N–H and O–H groups in total. The van der Waals surface area contributed by atoms with E-state index in [1.165, 1.54) is 12.1 Å². The molecule has 0 bridgehead atoms. The van der Waals surface area contributed by atoms with Gasteiger partial charge in [-0.3, -0.25) is 4.79 Å². The molecule has 2 rings (SSSR count). The summed E-state index contributed by atoms with van der Waals surface area (Å²) in [5.74, 6) is -0.482. The van der Waals surface area contributed by atoms with Crippen LogP contribution in [-0.4, -0.2) is 18.9 Å². The van der Waals surface area contributed by atoms with Crippen LogP contribution in [0, 0.1) is 5.82 Å². The van der Waals surface area contributed by atoms with Gasteiger partial charge in [-0.1, -0.05) is 17.7 Å². The zero-order valence-corrected chi connectivity index (χ0v) is 9.00. The van der Waals surface area contributed by atoms with Gasteiger partial charge in [-0.15, -0.1) is 0 Å². The van der Waals surface area contributed by atoms with Crippen molar-refractivity contribution in [1.29, 1.82) is 0 Å². The van der Waals surface area contributed by atoms with E-state index >= 15 is 0 Å². The Hall–Kier alpha value is -1.48. The van der Waals surface area contributed by atoms with Crippen molar-refractivity contribution in [3.8, 4) is 0 Å². The Labute approximate surface area is 94.2 Å². The highest BCUT2D eigenvalue weighted by atomic mass is 19.1. The molecule has 0 amide bonds. The Bertz CT molecular complexity index is 418. The lowest BCUT2D eigenvalue weighted by atomic mass is 10.0. The lowest BCUT2D eigenvalue weighted by molar-refractivity contribution is 0.104. The van der Waals surface area contributed by atoms with E-state index in [-0.39, 0.29) is 11.6 Å². The number of carbonyl (C=O) groups is 1. The lowest BCUT2D eigenvalue weighted by Crippen LogP contribution is -2.24. The van der Waals surface area contributed by atoms with Gasteiger partial charge in [0.05, 0.1) is 0 Å². The van der Waals surface area contributed by atoms with E-state index in [9.17, 15) is 9.18 Å². The molecule has 1 heterocycles. The van der Waals surface area contributed by atoms with Crippen molar-refractivity contribution in [2.45, 2.75) is 12.8 Å². The molecule has 3 heteroatoms. The quantitative estimate of drug-likeness (QED) is 0.611. The predicted octanol–water partition coefficient (Wildman–Crippen LogP) is 2.32. The maximum absolute atomic E-state index is 12.9. The number of allylic oxidation sites excluding steroid dienone is 1. The molecule has 16 heavy (non-hydrogen) atoms. The zero-order valence-electron chi connectivity index (χ0n) is 9.00. The van der Waals surface area contributed by atoms with Crippen molar-refractivity contribution >= 4 is 5.78 Å². The number of nitrogens with one attached hydrogen (secondary N) is 1. The Morgan fingerprint density at radius 2 is 2.31 bits per heavy atom. The first-order valence-corrected chi connectivity index (χ1v) is 5.46. The van der Waals surface area contributed by atoms with E-state index < -0.39 is 0 Å². The highest BCUT2D eigenvalue weighted by molar-refractivity contribution is 6.04. The largest absolute Gasteiger partial charge is 0.313 e. The van der Waals surface area contributed by atoms with Gasteiger partial charge in [0.25, 0.3) is 0 Å². The second kappa shape index (κ2) is 5.03. The maximum Gasteiger partial charge on any atom is 0.185 e.